The van der Waals surface area contributed by atoms with Crippen molar-refractivity contribution in [1.29, 1.82) is 0 Å². The van der Waals surface area contributed by atoms with Crippen LogP contribution in [0, 0.1) is 6.92 Å². The van der Waals surface area contributed by atoms with Gasteiger partial charge >= 0.3 is 0 Å². The molecule has 0 radical (unpaired) electrons. The highest BCUT2D eigenvalue weighted by Crippen LogP contribution is 2.15. The molecular formula is C16H17N3OS. The third-order valence-corrected chi connectivity index (χ3v) is 4.27. The monoisotopic (exact) mass is 299 g/mol. The molecule has 0 spiro atoms. The van der Waals surface area contributed by atoms with Gasteiger partial charge in [-0.25, -0.2) is 0 Å². The summed E-state index contributed by atoms with van der Waals surface area (Å²) in [5.74, 6) is 0.0553. The van der Waals surface area contributed by atoms with Crippen molar-refractivity contribution in [2.75, 3.05) is 0 Å². The summed E-state index contributed by atoms with van der Waals surface area (Å²) in [7, 11) is 0. The summed E-state index contributed by atoms with van der Waals surface area (Å²) in [5, 5.41) is 10.4. The maximum atomic E-state index is 11.9. The molecule has 0 aliphatic rings. The minimum absolute atomic E-state index is 0.0553. The van der Waals surface area contributed by atoms with E-state index in [0.717, 1.165) is 10.9 Å². The molecule has 0 aliphatic carbocycles. The molecule has 3 rings (SSSR count). The van der Waals surface area contributed by atoms with E-state index < -0.39 is 0 Å². The molecule has 4 nitrogen and oxygen atoms in total. The van der Waals surface area contributed by atoms with E-state index in [0.29, 0.717) is 19.5 Å². The normalized spacial score (nSPS) is 10.9. The lowest BCUT2D eigenvalue weighted by Gasteiger charge is -2.05. The zero-order valence-corrected chi connectivity index (χ0v) is 12.7. The van der Waals surface area contributed by atoms with Crippen molar-refractivity contribution >= 4 is 28.1 Å². The molecule has 5 heteroatoms. The number of hydrogen-bond acceptors (Lipinski definition) is 3. The maximum absolute atomic E-state index is 11.9. The van der Waals surface area contributed by atoms with Crippen molar-refractivity contribution in [2.24, 2.45) is 0 Å². The third kappa shape index (κ3) is 3.31. The number of nitrogens with zero attached hydrogens (tertiary/aromatic N) is 2. The van der Waals surface area contributed by atoms with E-state index in [2.05, 4.69) is 35.5 Å². The highest BCUT2D eigenvalue weighted by atomic mass is 32.1. The molecule has 0 bridgehead atoms. The molecule has 2 heterocycles. The second-order valence-electron chi connectivity index (χ2n) is 5.04. The number of rotatable bonds is 5. The van der Waals surface area contributed by atoms with Gasteiger partial charge in [0.2, 0.25) is 5.91 Å². The molecule has 0 unspecified atom stereocenters. The second-order valence-corrected chi connectivity index (χ2v) is 6.07. The number of nitrogens with one attached hydrogen (secondary N) is 1. The summed E-state index contributed by atoms with van der Waals surface area (Å²) in [4.78, 5) is 13.1. The highest BCUT2D eigenvalue weighted by molar-refractivity contribution is 7.09. The predicted molar refractivity (Wildman–Crippen MR) is 85.3 cm³/mol. The van der Waals surface area contributed by atoms with Crippen molar-refractivity contribution < 1.29 is 4.79 Å². The minimum atomic E-state index is 0.0553. The van der Waals surface area contributed by atoms with Gasteiger partial charge in [0.25, 0.3) is 0 Å². The first-order valence-electron chi connectivity index (χ1n) is 6.93. The zero-order chi connectivity index (χ0) is 14.7. The van der Waals surface area contributed by atoms with Crippen molar-refractivity contribution in [3.05, 3.63) is 52.3 Å². The fraction of sp³-hybridized carbons (Fsp3) is 0.250. The summed E-state index contributed by atoms with van der Waals surface area (Å²) in [6.45, 7) is 3.27. The summed E-state index contributed by atoms with van der Waals surface area (Å²) < 4.78 is 1.90. The number of fused-ring (bicyclic) bond motifs is 1. The van der Waals surface area contributed by atoms with E-state index >= 15 is 0 Å². The average Bonchev–Trinajstić information content (AvgIpc) is 3.12. The van der Waals surface area contributed by atoms with Crippen LogP contribution in [0.4, 0.5) is 0 Å². The Kier molecular flexibility index (Phi) is 4.01. The van der Waals surface area contributed by atoms with Crippen LogP contribution in [0.25, 0.3) is 10.9 Å². The summed E-state index contributed by atoms with van der Waals surface area (Å²) in [6.07, 6.45) is 2.29. The SMILES string of the molecule is Cc1ccc2cnn(CCC(=O)NCc3cccs3)c2c1. The van der Waals surface area contributed by atoms with E-state index in [1.807, 2.05) is 28.4 Å². The van der Waals surface area contributed by atoms with E-state index in [4.69, 9.17) is 0 Å². The van der Waals surface area contributed by atoms with Crippen LogP contribution in [0.15, 0.2) is 41.9 Å². The zero-order valence-electron chi connectivity index (χ0n) is 11.9. The molecule has 1 aromatic carbocycles. The molecule has 2 aromatic heterocycles. The second kappa shape index (κ2) is 6.10. The first-order chi connectivity index (χ1) is 10.2. The number of hydrogen-bond donors (Lipinski definition) is 1. The van der Waals surface area contributed by atoms with Gasteiger partial charge < -0.3 is 5.32 Å². The van der Waals surface area contributed by atoms with Crippen molar-refractivity contribution in [1.82, 2.24) is 15.1 Å². The topological polar surface area (TPSA) is 46.9 Å². The van der Waals surface area contributed by atoms with E-state index in [9.17, 15) is 4.79 Å². The molecule has 0 saturated heterocycles. The molecule has 21 heavy (non-hydrogen) atoms. The summed E-state index contributed by atoms with van der Waals surface area (Å²) >= 11 is 1.65. The Balaban J connectivity index is 1.58. The van der Waals surface area contributed by atoms with Gasteiger partial charge in [-0.2, -0.15) is 5.10 Å². The van der Waals surface area contributed by atoms with Gasteiger partial charge in [0, 0.05) is 16.7 Å². The molecule has 0 aliphatic heterocycles. The molecule has 0 atom stereocenters. The smallest absolute Gasteiger partial charge is 0.222 e. The number of aromatic nitrogens is 2. The van der Waals surface area contributed by atoms with Crippen molar-refractivity contribution in [3.63, 3.8) is 0 Å². The number of amides is 1. The van der Waals surface area contributed by atoms with Crippen LogP contribution in [-0.4, -0.2) is 15.7 Å². The van der Waals surface area contributed by atoms with Crippen LogP contribution in [0.2, 0.25) is 0 Å². The lowest BCUT2D eigenvalue weighted by molar-refractivity contribution is -0.121. The van der Waals surface area contributed by atoms with E-state index in [-0.39, 0.29) is 5.91 Å². The molecule has 1 amide bonds. The maximum Gasteiger partial charge on any atom is 0.222 e. The molecule has 0 saturated carbocycles. The Morgan fingerprint density at radius 1 is 1.38 bits per heavy atom. The Labute approximate surface area is 127 Å². The number of thiophene rings is 1. The van der Waals surface area contributed by atoms with Gasteiger partial charge in [-0.15, -0.1) is 11.3 Å². The molecule has 1 N–H and O–H groups in total. The van der Waals surface area contributed by atoms with Crippen LogP contribution in [0.3, 0.4) is 0 Å². The Hall–Kier alpha value is -2.14. The van der Waals surface area contributed by atoms with Gasteiger partial charge in [-0.3, -0.25) is 9.48 Å². The third-order valence-electron chi connectivity index (χ3n) is 3.39. The number of aryl methyl sites for hydroxylation is 2. The van der Waals surface area contributed by atoms with Gasteiger partial charge in [0.05, 0.1) is 24.8 Å². The fourth-order valence-corrected chi connectivity index (χ4v) is 2.90. The number of benzene rings is 1. The minimum Gasteiger partial charge on any atom is -0.351 e. The first-order valence-corrected chi connectivity index (χ1v) is 7.81. The van der Waals surface area contributed by atoms with Crippen LogP contribution in [0.5, 0.6) is 0 Å². The molecule has 0 fully saturated rings. The average molecular weight is 299 g/mol. The van der Waals surface area contributed by atoms with E-state index in [1.54, 1.807) is 11.3 Å². The van der Waals surface area contributed by atoms with Crippen LogP contribution in [-0.2, 0) is 17.9 Å². The Morgan fingerprint density at radius 3 is 3.10 bits per heavy atom. The van der Waals surface area contributed by atoms with Gasteiger partial charge in [0.1, 0.15) is 0 Å². The Bertz CT molecular complexity index is 746. The van der Waals surface area contributed by atoms with Crippen molar-refractivity contribution in [2.45, 2.75) is 26.4 Å². The number of carbonyl (C=O) groups is 1. The summed E-state index contributed by atoms with van der Waals surface area (Å²) in [5.41, 5.74) is 2.28. The van der Waals surface area contributed by atoms with Crippen LogP contribution < -0.4 is 5.32 Å². The fourth-order valence-electron chi connectivity index (χ4n) is 2.25. The molecule has 108 valence electrons. The quantitative estimate of drug-likeness (QED) is 0.787. The van der Waals surface area contributed by atoms with E-state index in [1.165, 1.54) is 10.4 Å². The predicted octanol–water partition coefficient (Wildman–Crippen LogP) is 3.11. The lowest BCUT2D eigenvalue weighted by atomic mass is 10.2. The standard InChI is InChI=1S/C16H17N3OS/c1-12-4-5-13-10-18-19(15(13)9-12)7-6-16(20)17-11-14-3-2-8-21-14/h2-5,8-10H,6-7,11H2,1H3,(H,17,20). The van der Waals surface area contributed by atoms with Gasteiger partial charge in [-0.1, -0.05) is 18.2 Å². The largest absolute Gasteiger partial charge is 0.351 e. The molecule has 3 aromatic rings. The Morgan fingerprint density at radius 2 is 2.29 bits per heavy atom. The molecular weight excluding hydrogens is 282 g/mol. The van der Waals surface area contributed by atoms with Crippen LogP contribution >= 0.6 is 11.3 Å². The van der Waals surface area contributed by atoms with Gasteiger partial charge in [0.15, 0.2) is 0 Å². The summed E-state index contributed by atoms with van der Waals surface area (Å²) in [6, 6.07) is 10.2. The van der Waals surface area contributed by atoms with Gasteiger partial charge in [-0.05, 0) is 30.0 Å². The number of carbonyl (C=O) groups excluding carboxylic acids is 1. The lowest BCUT2D eigenvalue weighted by Crippen LogP contribution is -2.23. The van der Waals surface area contributed by atoms with Crippen LogP contribution in [0.1, 0.15) is 16.9 Å². The first kappa shape index (κ1) is 13.8. The highest BCUT2D eigenvalue weighted by Gasteiger charge is 2.06. The van der Waals surface area contributed by atoms with Crippen molar-refractivity contribution in [3.8, 4) is 0 Å².